The van der Waals surface area contributed by atoms with Crippen LogP contribution < -0.4 is 10.2 Å². The van der Waals surface area contributed by atoms with E-state index in [2.05, 4.69) is 15.4 Å². The molecule has 166 valence electrons. The van der Waals surface area contributed by atoms with Crippen molar-refractivity contribution in [3.8, 4) is 5.69 Å². The van der Waals surface area contributed by atoms with Crippen LogP contribution in [0.15, 0.2) is 49.1 Å². The van der Waals surface area contributed by atoms with E-state index in [9.17, 15) is 22.8 Å². The number of aromatic nitrogens is 3. The van der Waals surface area contributed by atoms with Crippen molar-refractivity contribution >= 4 is 23.2 Å². The Morgan fingerprint density at radius 1 is 1.19 bits per heavy atom. The van der Waals surface area contributed by atoms with Crippen molar-refractivity contribution in [1.82, 2.24) is 14.8 Å². The highest BCUT2D eigenvalue weighted by atomic mass is 19.4. The maximum Gasteiger partial charge on any atom is 0.418 e. The Morgan fingerprint density at radius 2 is 1.97 bits per heavy atom. The van der Waals surface area contributed by atoms with E-state index in [1.165, 1.54) is 34.4 Å². The topological polar surface area (TPSA) is 80.1 Å². The molecule has 2 heterocycles. The minimum atomic E-state index is -4.70. The van der Waals surface area contributed by atoms with E-state index in [4.69, 9.17) is 0 Å². The van der Waals surface area contributed by atoms with E-state index in [-0.39, 0.29) is 30.2 Å². The highest BCUT2D eigenvalue weighted by Crippen LogP contribution is 2.37. The molecule has 2 aromatic carbocycles. The van der Waals surface area contributed by atoms with Crippen LogP contribution >= 0.6 is 0 Å². The molecule has 4 rings (SSSR count). The molecule has 0 bridgehead atoms. The molecule has 0 spiro atoms. The molecule has 0 radical (unpaired) electrons. The van der Waals surface area contributed by atoms with Crippen molar-refractivity contribution in [2.75, 3.05) is 16.8 Å². The summed E-state index contributed by atoms with van der Waals surface area (Å²) in [6, 6.07) is 9.02. The first-order valence-electron chi connectivity index (χ1n) is 9.89. The lowest BCUT2D eigenvalue weighted by Gasteiger charge is -2.20. The van der Waals surface area contributed by atoms with Gasteiger partial charge in [-0.15, -0.1) is 0 Å². The lowest BCUT2D eigenvalue weighted by Crippen LogP contribution is -2.29. The third-order valence-corrected chi connectivity index (χ3v) is 5.61. The Labute approximate surface area is 181 Å². The summed E-state index contributed by atoms with van der Waals surface area (Å²) in [6.45, 7) is 3.91. The van der Waals surface area contributed by atoms with Gasteiger partial charge in [-0.05, 0) is 49.2 Å². The van der Waals surface area contributed by atoms with E-state index >= 15 is 0 Å². The number of alkyl halides is 3. The minimum Gasteiger partial charge on any atom is -0.325 e. The summed E-state index contributed by atoms with van der Waals surface area (Å²) in [5.74, 6) is -1.64. The smallest absolute Gasteiger partial charge is 0.325 e. The van der Waals surface area contributed by atoms with Crippen LogP contribution in [-0.4, -0.2) is 33.1 Å². The lowest BCUT2D eigenvalue weighted by molar-refractivity contribution is -0.137. The number of carbonyl (C=O) groups excluding carboxylic acids is 2. The molecule has 7 nitrogen and oxygen atoms in total. The fourth-order valence-corrected chi connectivity index (χ4v) is 3.74. The summed E-state index contributed by atoms with van der Waals surface area (Å²) in [6.07, 6.45) is -2.28. The SMILES string of the molecule is Cc1cccc(N2CC(C(=O)Nc3ccc(-n4cncn4)cc3C(F)(F)F)CC2=O)c1C. The normalized spacial score (nSPS) is 16.5. The molecule has 1 aliphatic heterocycles. The van der Waals surface area contributed by atoms with Crippen LogP contribution in [0, 0.1) is 19.8 Å². The number of rotatable bonds is 4. The van der Waals surface area contributed by atoms with Gasteiger partial charge in [0.05, 0.1) is 22.9 Å². The Hall–Kier alpha value is -3.69. The second-order valence-corrected chi connectivity index (χ2v) is 7.68. The monoisotopic (exact) mass is 443 g/mol. The van der Waals surface area contributed by atoms with Crippen molar-refractivity contribution < 1.29 is 22.8 Å². The van der Waals surface area contributed by atoms with Crippen LogP contribution in [0.2, 0.25) is 0 Å². The summed E-state index contributed by atoms with van der Waals surface area (Å²) < 4.78 is 42.2. The van der Waals surface area contributed by atoms with Crippen LogP contribution in [0.5, 0.6) is 0 Å². The number of nitrogens with zero attached hydrogens (tertiary/aromatic N) is 4. The average molecular weight is 443 g/mol. The van der Waals surface area contributed by atoms with Crippen LogP contribution in [0.1, 0.15) is 23.1 Å². The molecule has 0 aliphatic carbocycles. The number of aryl methyl sites for hydroxylation is 1. The quantitative estimate of drug-likeness (QED) is 0.664. The van der Waals surface area contributed by atoms with E-state index in [1.807, 2.05) is 26.0 Å². The van der Waals surface area contributed by atoms with Gasteiger partial charge in [0.1, 0.15) is 12.7 Å². The maximum atomic E-state index is 13.7. The third kappa shape index (κ3) is 4.08. The summed E-state index contributed by atoms with van der Waals surface area (Å²) in [5.41, 5.74) is 1.41. The average Bonchev–Trinajstić information content (AvgIpc) is 3.40. The first-order chi connectivity index (χ1) is 15.1. The molecular formula is C22H20F3N5O2. The van der Waals surface area contributed by atoms with Gasteiger partial charge in [-0.2, -0.15) is 18.3 Å². The van der Waals surface area contributed by atoms with Gasteiger partial charge >= 0.3 is 6.18 Å². The predicted molar refractivity (Wildman–Crippen MR) is 111 cm³/mol. The van der Waals surface area contributed by atoms with Crippen molar-refractivity contribution in [3.63, 3.8) is 0 Å². The second kappa shape index (κ2) is 8.10. The van der Waals surface area contributed by atoms with Crippen molar-refractivity contribution in [3.05, 3.63) is 65.7 Å². The van der Waals surface area contributed by atoms with Gasteiger partial charge < -0.3 is 10.2 Å². The summed E-state index contributed by atoms with van der Waals surface area (Å²) >= 11 is 0. The Balaban J connectivity index is 1.56. The molecule has 2 amide bonds. The number of carbonyl (C=O) groups is 2. The lowest BCUT2D eigenvalue weighted by atomic mass is 10.1. The van der Waals surface area contributed by atoms with Crippen molar-refractivity contribution in [1.29, 1.82) is 0 Å². The largest absolute Gasteiger partial charge is 0.418 e. The molecule has 1 unspecified atom stereocenters. The number of nitrogens with one attached hydrogen (secondary N) is 1. The highest BCUT2D eigenvalue weighted by Gasteiger charge is 2.38. The van der Waals surface area contributed by atoms with Gasteiger partial charge in [0.2, 0.25) is 11.8 Å². The number of amides is 2. The van der Waals surface area contributed by atoms with E-state index in [0.717, 1.165) is 17.2 Å². The first-order valence-corrected chi connectivity index (χ1v) is 9.89. The van der Waals surface area contributed by atoms with Crippen LogP contribution in [0.25, 0.3) is 5.69 Å². The van der Waals surface area contributed by atoms with Crippen molar-refractivity contribution in [2.45, 2.75) is 26.4 Å². The number of hydrogen-bond donors (Lipinski definition) is 1. The molecule has 3 aromatic rings. The molecule has 10 heteroatoms. The first kappa shape index (κ1) is 21.5. The molecule has 1 aliphatic rings. The summed E-state index contributed by atoms with van der Waals surface area (Å²) in [5, 5.41) is 6.20. The maximum absolute atomic E-state index is 13.7. The Morgan fingerprint density at radius 3 is 2.66 bits per heavy atom. The fourth-order valence-electron chi connectivity index (χ4n) is 3.74. The molecule has 1 aromatic heterocycles. The zero-order valence-corrected chi connectivity index (χ0v) is 17.3. The van der Waals surface area contributed by atoms with Crippen molar-refractivity contribution in [2.24, 2.45) is 5.92 Å². The van der Waals surface area contributed by atoms with Gasteiger partial charge in [0.15, 0.2) is 0 Å². The number of halogens is 3. The summed E-state index contributed by atoms with van der Waals surface area (Å²) in [4.78, 5) is 30.6. The standard InChI is InChI=1S/C22H20F3N5O2/c1-13-4-3-5-19(14(13)2)29-10-15(8-20(29)31)21(32)28-18-7-6-16(30-12-26-11-27-30)9-17(18)22(23,24)25/h3-7,9,11-12,15H,8,10H2,1-2H3,(H,28,32). The number of anilines is 2. The van der Waals surface area contributed by atoms with Gasteiger partial charge in [0.25, 0.3) is 0 Å². The molecule has 1 fully saturated rings. The van der Waals surface area contributed by atoms with E-state index in [0.29, 0.717) is 5.69 Å². The molecule has 1 N–H and O–H groups in total. The van der Waals surface area contributed by atoms with E-state index in [1.54, 1.807) is 6.07 Å². The minimum absolute atomic E-state index is 0.0718. The molecule has 32 heavy (non-hydrogen) atoms. The van der Waals surface area contributed by atoms with Crippen LogP contribution in [0.3, 0.4) is 0 Å². The predicted octanol–water partition coefficient (Wildman–Crippen LogP) is 3.89. The highest BCUT2D eigenvalue weighted by molar-refractivity contribution is 6.04. The molecular weight excluding hydrogens is 423 g/mol. The number of hydrogen-bond acceptors (Lipinski definition) is 4. The van der Waals surface area contributed by atoms with E-state index < -0.39 is 23.6 Å². The fraction of sp³-hybridized carbons (Fsp3) is 0.273. The Kier molecular flexibility index (Phi) is 5.45. The second-order valence-electron chi connectivity index (χ2n) is 7.68. The Bertz CT molecular complexity index is 1170. The number of benzene rings is 2. The van der Waals surface area contributed by atoms with Crippen LogP contribution in [0.4, 0.5) is 24.5 Å². The zero-order valence-electron chi connectivity index (χ0n) is 17.3. The van der Waals surface area contributed by atoms with Gasteiger partial charge in [-0.25, -0.2) is 9.67 Å². The molecule has 1 saturated heterocycles. The van der Waals surface area contributed by atoms with Gasteiger partial charge in [0, 0.05) is 18.7 Å². The summed E-state index contributed by atoms with van der Waals surface area (Å²) in [7, 11) is 0. The zero-order chi connectivity index (χ0) is 23.0. The molecule has 1 atom stereocenters. The van der Waals surface area contributed by atoms with Gasteiger partial charge in [-0.3, -0.25) is 9.59 Å². The van der Waals surface area contributed by atoms with Crippen LogP contribution in [-0.2, 0) is 15.8 Å². The molecule has 0 saturated carbocycles. The van der Waals surface area contributed by atoms with Gasteiger partial charge in [-0.1, -0.05) is 12.1 Å². The third-order valence-electron chi connectivity index (χ3n) is 5.61.